The summed E-state index contributed by atoms with van der Waals surface area (Å²) in [5, 5.41) is 1.66. The normalized spacial score (nSPS) is 12.9. The summed E-state index contributed by atoms with van der Waals surface area (Å²) in [4.78, 5) is 25.6. The molecule has 0 aliphatic carbocycles. The van der Waals surface area contributed by atoms with Crippen LogP contribution in [0.4, 0.5) is 26.3 Å². The second-order valence-electron chi connectivity index (χ2n) is 7.61. The summed E-state index contributed by atoms with van der Waals surface area (Å²) in [5.41, 5.74) is -6.40. The molecule has 198 valence electrons. The van der Waals surface area contributed by atoms with Gasteiger partial charge in [-0.25, -0.2) is 13.2 Å². The minimum Gasteiger partial charge on any atom is -0.748 e. The van der Waals surface area contributed by atoms with Gasteiger partial charge in [0.15, 0.2) is 0 Å². The predicted octanol–water partition coefficient (Wildman–Crippen LogP) is 4.80. The number of rotatable bonds is 6. The van der Waals surface area contributed by atoms with Crippen LogP contribution in [0, 0.1) is 3.57 Å². The van der Waals surface area contributed by atoms with Crippen molar-refractivity contribution in [3.63, 3.8) is 0 Å². The first-order valence-electron chi connectivity index (χ1n) is 9.84. The number of hydrogen-bond acceptors (Lipinski definition) is 6. The molecule has 0 fully saturated rings. The third kappa shape index (κ3) is 6.15. The SMILES string of the molecule is O=C(NC(CS(=O)(=O)[O-])(C(F)(F)F)C(F)(F)F)c1ccc(I)cc1OC(=O)c1cccc2ccccc12. The number of esters is 1. The summed E-state index contributed by atoms with van der Waals surface area (Å²) in [6.07, 6.45) is -12.9. The predicted molar refractivity (Wildman–Crippen MR) is 125 cm³/mol. The van der Waals surface area contributed by atoms with E-state index >= 15 is 0 Å². The first kappa shape index (κ1) is 28.6. The van der Waals surface area contributed by atoms with E-state index < -0.39 is 57.0 Å². The highest BCUT2D eigenvalue weighted by Crippen LogP contribution is 2.44. The quantitative estimate of drug-likeness (QED) is 0.134. The van der Waals surface area contributed by atoms with Gasteiger partial charge in [-0.3, -0.25) is 4.79 Å². The van der Waals surface area contributed by atoms with Crippen molar-refractivity contribution in [3.8, 4) is 5.75 Å². The lowest BCUT2D eigenvalue weighted by Gasteiger charge is -2.38. The molecular weight excluding hydrogens is 647 g/mol. The largest absolute Gasteiger partial charge is 0.748 e. The summed E-state index contributed by atoms with van der Waals surface area (Å²) in [6, 6.07) is 14.0. The Hall–Kier alpha value is -2.92. The van der Waals surface area contributed by atoms with Crippen molar-refractivity contribution in [3.05, 3.63) is 75.4 Å². The molecule has 3 aromatic carbocycles. The van der Waals surface area contributed by atoms with Crippen molar-refractivity contribution in [2.75, 3.05) is 5.75 Å². The minimum atomic E-state index is -6.44. The number of fused-ring (bicyclic) bond motifs is 1. The molecule has 15 heteroatoms. The summed E-state index contributed by atoms with van der Waals surface area (Å²) in [5.74, 6) is -6.91. The molecule has 0 radical (unpaired) electrons. The van der Waals surface area contributed by atoms with Gasteiger partial charge in [0.05, 0.1) is 27.0 Å². The molecule has 3 rings (SSSR count). The van der Waals surface area contributed by atoms with Crippen molar-refractivity contribution in [1.29, 1.82) is 0 Å². The van der Waals surface area contributed by atoms with Crippen LogP contribution in [0.3, 0.4) is 0 Å². The Morgan fingerprint density at radius 3 is 2.08 bits per heavy atom. The first-order valence-corrected chi connectivity index (χ1v) is 12.5. The van der Waals surface area contributed by atoms with Crippen LogP contribution in [-0.2, 0) is 10.1 Å². The zero-order valence-electron chi connectivity index (χ0n) is 18.0. The molecule has 0 aliphatic heterocycles. The molecule has 37 heavy (non-hydrogen) atoms. The smallest absolute Gasteiger partial charge is 0.421 e. The Bertz CT molecular complexity index is 1450. The van der Waals surface area contributed by atoms with Gasteiger partial charge in [0.25, 0.3) is 5.91 Å². The standard InChI is InChI=1S/C22H14F6INO6S/c23-21(24,25)20(22(26,27)28,11-37(33,34)35)30-18(31)16-9-8-13(29)10-17(16)36-19(32)15-7-3-5-12-4-1-2-6-14(12)15/h1-10H,11H2,(H,30,31)(H,33,34,35)/p-1. The van der Waals surface area contributed by atoms with Crippen LogP contribution in [0.25, 0.3) is 10.8 Å². The zero-order chi connectivity index (χ0) is 27.8. The number of ether oxygens (including phenoxy) is 1. The van der Waals surface area contributed by atoms with Gasteiger partial charge in [-0.1, -0.05) is 36.4 Å². The average molecular weight is 660 g/mol. The van der Waals surface area contributed by atoms with Gasteiger partial charge < -0.3 is 14.6 Å². The maximum atomic E-state index is 13.6. The van der Waals surface area contributed by atoms with Gasteiger partial charge in [-0.2, -0.15) is 26.3 Å². The molecule has 0 aliphatic rings. The molecular formula is C22H13F6INO6S-. The van der Waals surface area contributed by atoms with E-state index in [-0.39, 0.29) is 9.13 Å². The molecule has 0 saturated heterocycles. The molecule has 0 atom stereocenters. The van der Waals surface area contributed by atoms with Crippen LogP contribution in [0.1, 0.15) is 20.7 Å². The lowest BCUT2D eigenvalue weighted by molar-refractivity contribution is -0.296. The monoisotopic (exact) mass is 660 g/mol. The fourth-order valence-corrected chi connectivity index (χ4v) is 4.75. The molecule has 0 heterocycles. The fourth-order valence-electron chi connectivity index (χ4n) is 3.35. The number of carbonyl (C=O) groups excluding carboxylic acids is 2. The molecule has 1 N–H and O–H groups in total. The van der Waals surface area contributed by atoms with Gasteiger partial charge in [0.2, 0.25) is 5.54 Å². The van der Waals surface area contributed by atoms with Crippen LogP contribution in [-0.4, -0.2) is 48.5 Å². The molecule has 0 spiro atoms. The van der Waals surface area contributed by atoms with E-state index in [1.165, 1.54) is 12.1 Å². The van der Waals surface area contributed by atoms with Crippen molar-refractivity contribution in [2.24, 2.45) is 0 Å². The van der Waals surface area contributed by atoms with Gasteiger partial charge in [-0.15, -0.1) is 0 Å². The Morgan fingerprint density at radius 1 is 0.892 bits per heavy atom. The Balaban J connectivity index is 2.06. The fraction of sp³-hybridized carbons (Fsp3) is 0.182. The lowest BCUT2D eigenvalue weighted by atomic mass is 9.99. The van der Waals surface area contributed by atoms with Crippen LogP contribution in [0.15, 0.2) is 60.7 Å². The maximum absolute atomic E-state index is 13.6. The second-order valence-corrected chi connectivity index (χ2v) is 10.3. The van der Waals surface area contributed by atoms with E-state index in [2.05, 4.69) is 0 Å². The molecule has 0 bridgehead atoms. The van der Waals surface area contributed by atoms with Crippen LogP contribution in [0.5, 0.6) is 5.75 Å². The van der Waals surface area contributed by atoms with E-state index in [0.717, 1.165) is 18.2 Å². The van der Waals surface area contributed by atoms with E-state index in [4.69, 9.17) is 4.74 Å². The van der Waals surface area contributed by atoms with Gasteiger partial charge >= 0.3 is 18.3 Å². The number of hydrogen-bond donors (Lipinski definition) is 1. The summed E-state index contributed by atoms with van der Waals surface area (Å²) in [6.45, 7) is 0. The molecule has 3 aromatic rings. The first-order chi connectivity index (χ1) is 17.0. The average Bonchev–Trinajstić information content (AvgIpc) is 2.75. The van der Waals surface area contributed by atoms with E-state index in [0.29, 0.717) is 16.1 Å². The highest BCUT2D eigenvalue weighted by molar-refractivity contribution is 14.1. The van der Waals surface area contributed by atoms with Crippen molar-refractivity contribution in [2.45, 2.75) is 17.9 Å². The number of nitrogens with one attached hydrogen (secondary N) is 1. The van der Waals surface area contributed by atoms with Crippen LogP contribution >= 0.6 is 22.6 Å². The number of benzene rings is 3. The van der Waals surface area contributed by atoms with Crippen molar-refractivity contribution < 1.29 is 53.6 Å². The highest BCUT2D eigenvalue weighted by atomic mass is 127. The Kier molecular flexibility index (Phi) is 7.81. The molecule has 1 amide bonds. The van der Waals surface area contributed by atoms with Gasteiger partial charge in [0.1, 0.15) is 5.75 Å². The highest BCUT2D eigenvalue weighted by Gasteiger charge is 2.72. The van der Waals surface area contributed by atoms with E-state index in [1.807, 2.05) is 0 Å². The third-order valence-electron chi connectivity index (χ3n) is 5.09. The molecule has 0 unspecified atom stereocenters. The summed E-state index contributed by atoms with van der Waals surface area (Å²) in [7, 11) is -6.16. The number of alkyl halides is 6. The lowest BCUT2D eigenvalue weighted by Crippen LogP contribution is -2.70. The summed E-state index contributed by atoms with van der Waals surface area (Å²) >= 11 is 1.69. The Morgan fingerprint density at radius 2 is 1.49 bits per heavy atom. The molecule has 0 saturated carbocycles. The third-order valence-corrected chi connectivity index (χ3v) is 6.55. The van der Waals surface area contributed by atoms with E-state index in [9.17, 15) is 48.9 Å². The molecule has 0 aromatic heterocycles. The number of amides is 1. The zero-order valence-corrected chi connectivity index (χ0v) is 21.0. The van der Waals surface area contributed by atoms with Gasteiger partial charge in [-0.05, 0) is 57.6 Å². The van der Waals surface area contributed by atoms with Crippen LogP contribution < -0.4 is 10.1 Å². The maximum Gasteiger partial charge on any atom is 0.421 e. The summed E-state index contributed by atoms with van der Waals surface area (Å²) < 4.78 is 120. The Labute approximate surface area is 218 Å². The topological polar surface area (TPSA) is 113 Å². The van der Waals surface area contributed by atoms with E-state index in [1.54, 1.807) is 52.9 Å². The number of carbonyl (C=O) groups is 2. The van der Waals surface area contributed by atoms with Crippen LogP contribution in [0.2, 0.25) is 0 Å². The van der Waals surface area contributed by atoms with Crippen molar-refractivity contribution in [1.82, 2.24) is 5.32 Å². The minimum absolute atomic E-state index is 0.0132. The second kappa shape index (κ2) is 10.1. The van der Waals surface area contributed by atoms with Crippen molar-refractivity contribution >= 4 is 55.4 Å². The number of halogens is 7. The van der Waals surface area contributed by atoms with Gasteiger partial charge in [0, 0.05) is 3.57 Å². The molecule has 7 nitrogen and oxygen atoms in total.